The monoisotopic (exact) mass is 342 g/mol. The Morgan fingerprint density at radius 3 is 2.64 bits per heavy atom. The number of rotatable bonds is 1. The SMILES string of the molecule is C#CC1(O)CC[C@H]2[C@@H]3CCC4=CC(=O)[C@H](CO)C[C@]4(C)[C@H]3CC[C@@]21C. The van der Waals surface area contributed by atoms with Gasteiger partial charge in [0, 0.05) is 11.3 Å². The molecule has 0 aromatic carbocycles. The number of fused-ring (bicyclic) bond motifs is 5. The third kappa shape index (κ3) is 2.10. The minimum Gasteiger partial charge on any atom is -0.396 e. The molecule has 3 heteroatoms. The standard InChI is InChI=1S/C22H30O3/c1-4-22(25)10-8-18-16-6-5-15-11-19(24)14(13-23)12-20(15,2)17(16)7-9-21(18,22)3/h1,11,14,16-18,23,25H,5-10,12-13H2,2-3H3/t14-,16+,17-,18-,20-,21-,22?/m0/s1. The summed E-state index contributed by atoms with van der Waals surface area (Å²) in [5.41, 5.74) is 0.178. The summed E-state index contributed by atoms with van der Waals surface area (Å²) in [6.07, 6.45) is 14.2. The van der Waals surface area contributed by atoms with E-state index in [4.69, 9.17) is 6.42 Å². The number of hydrogen-bond acceptors (Lipinski definition) is 3. The topological polar surface area (TPSA) is 57.5 Å². The van der Waals surface area contributed by atoms with Gasteiger partial charge in [0.05, 0.1) is 6.61 Å². The molecule has 2 N–H and O–H groups in total. The number of terminal acetylenes is 1. The molecule has 4 rings (SSSR count). The van der Waals surface area contributed by atoms with Crippen LogP contribution in [0, 0.1) is 46.8 Å². The Labute approximate surface area is 150 Å². The highest BCUT2D eigenvalue weighted by Crippen LogP contribution is 2.67. The smallest absolute Gasteiger partial charge is 0.161 e. The molecule has 3 saturated carbocycles. The lowest BCUT2D eigenvalue weighted by Gasteiger charge is -2.59. The zero-order chi connectivity index (χ0) is 18.0. The van der Waals surface area contributed by atoms with Gasteiger partial charge in [-0.3, -0.25) is 4.79 Å². The Hall–Kier alpha value is -1.11. The van der Waals surface area contributed by atoms with Gasteiger partial charge in [0.2, 0.25) is 0 Å². The molecule has 136 valence electrons. The van der Waals surface area contributed by atoms with Crippen molar-refractivity contribution < 1.29 is 15.0 Å². The molecule has 4 aliphatic rings. The predicted molar refractivity (Wildman–Crippen MR) is 96.5 cm³/mol. The highest BCUT2D eigenvalue weighted by molar-refractivity contribution is 5.93. The summed E-state index contributed by atoms with van der Waals surface area (Å²) in [6.45, 7) is 4.47. The Morgan fingerprint density at radius 2 is 1.96 bits per heavy atom. The van der Waals surface area contributed by atoms with Gasteiger partial charge in [-0.15, -0.1) is 6.42 Å². The molecule has 0 spiro atoms. The van der Waals surface area contributed by atoms with E-state index < -0.39 is 5.60 Å². The van der Waals surface area contributed by atoms with E-state index in [0.717, 1.165) is 38.5 Å². The molecule has 0 radical (unpaired) electrons. The van der Waals surface area contributed by atoms with Crippen molar-refractivity contribution in [3.63, 3.8) is 0 Å². The number of carbonyl (C=O) groups is 1. The minimum atomic E-state index is -0.962. The minimum absolute atomic E-state index is 0.0163. The largest absolute Gasteiger partial charge is 0.396 e. The molecule has 0 aromatic rings. The van der Waals surface area contributed by atoms with Gasteiger partial charge in [0.25, 0.3) is 0 Å². The molecule has 0 saturated heterocycles. The fraction of sp³-hybridized carbons (Fsp3) is 0.773. The molecular formula is C22H30O3. The van der Waals surface area contributed by atoms with Crippen molar-refractivity contribution in [3.8, 4) is 12.3 Å². The molecule has 0 bridgehead atoms. The van der Waals surface area contributed by atoms with Crippen molar-refractivity contribution in [2.45, 2.75) is 64.4 Å². The van der Waals surface area contributed by atoms with Gasteiger partial charge in [-0.2, -0.15) is 0 Å². The van der Waals surface area contributed by atoms with E-state index in [-0.39, 0.29) is 29.1 Å². The zero-order valence-corrected chi connectivity index (χ0v) is 15.4. The van der Waals surface area contributed by atoms with Crippen LogP contribution in [0.5, 0.6) is 0 Å². The molecule has 0 heterocycles. The third-order valence-electron chi connectivity index (χ3n) is 8.74. The molecule has 7 atom stereocenters. The Balaban J connectivity index is 1.70. The average molecular weight is 342 g/mol. The molecular weight excluding hydrogens is 312 g/mol. The van der Waals surface area contributed by atoms with Gasteiger partial charge in [-0.1, -0.05) is 25.3 Å². The van der Waals surface area contributed by atoms with Crippen LogP contribution in [-0.4, -0.2) is 28.2 Å². The second-order valence-electron chi connectivity index (χ2n) is 9.49. The van der Waals surface area contributed by atoms with Crippen LogP contribution < -0.4 is 0 Å². The maximum Gasteiger partial charge on any atom is 0.161 e. The van der Waals surface area contributed by atoms with E-state index >= 15 is 0 Å². The van der Waals surface area contributed by atoms with Gasteiger partial charge >= 0.3 is 0 Å². The number of aliphatic hydroxyl groups is 2. The van der Waals surface area contributed by atoms with Crippen LogP contribution in [0.25, 0.3) is 0 Å². The van der Waals surface area contributed by atoms with Crippen LogP contribution in [0.1, 0.15) is 58.8 Å². The number of aliphatic hydroxyl groups excluding tert-OH is 1. The third-order valence-corrected chi connectivity index (χ3v) is 8.74. The second kappa shape index (κ2) is 5.44. The quantitative estimate of drug-likeness (QED) is 0.720. The van der Waals surface area contributed by atoms with E-state index in [9.17, 15) is 15.0 Å². The second-order valence-corrected chi connectivity index (χ2v) is 9.49. The molecule has 0 aliphatic heterocycles. The van der Waals surface area contributed by atoms with E-state index in [1.54, 1.807) is 0 Å². The summed E-state index contributed by atoms with van der Waals surface area (Å²) in [5, 5.41) is 20.7. The van der Waals surface area contributed by atoms with Crippen molar-refractivity contribution in [3.05, 3.63) is 11.6 Å². The van der Waals surface area contributed by atoms with Crippen LogP contribution in [0.2, 0.25) is 0 Å². The van der Waals surface area contributed by atoms with Crippen molar-refractivity contribution in [2.75, 3.05) is 6.61 Å². The van der Waals surface area contributed by atoms with Crippen LogP contribution in [0.15, 0.2) is 11.6 Å². The van der Waals surface area contributed by atoms with E-state index in [0.29, 0.717) is 24.2 Å². The number of allylic oxidation sites excluding steroid dienone is 1. The van der Waals surface area contributed by atoms with Gasteiger partial charge in [-0.25, -0.2) is 0 Å². The normalized spacial score (nSPS) is 51.8. The lowest BCUT2D eigenvalue weighted by atomic mass is 9.46. The van der Waals surface area contributed by atoms with E-state index in [2.05, 4.69) is 19.8 Å². The molecule has 0 aromatic heterocycles. The summed E-state index contributed by atoms with van der Waals surface area (Å²) in [4.78, 5) is 12.2. The first-order chi connectivity index (χ1) is 11.8. The highest BCUT2D eigenvalue weighted by Gasteiger charge is 2.63. The molecule has 25 heavy (non-hydrogen) atoms. The molecule has 0 amide bonds. The van der Waals surface area contributed by atoms with E-state index in [1.165, 1.54) is 5.57 Å². The Bertz CT molecular complexity index is 673. The summed E-state index contributed by atoms with van der Waals surface area (Å²) >= 11 is 0. The fourth-order valence-electron chi connectivity index (χ4n) is 7.16. The van der Waals surface area contributed by atoms with Crippen LogP contribution in [-0.2, 0) is 4.79 Å². The molecule has 3 fully saturated rings. The first-order valence-electron chi connectivity index (χ1n) is 9.85. The van der Waals surface area contributed by atoms with Gasteiger partial charge in [0.15, 0.2) is 5.78 Å². The lowest BCUT2D eigenvalue weighted by molar-refractivity contribution is -0.126. The van der Waals surface area contributed by atoms with Crippen molar-refractivity contribution in [1.29, 1.82) is 0 Å². The first kappa shape index (κ1) is 17.3. The van der Waals surface area contributed by atoms with Crippen LogP contribution in [0.3, 0.4) is 0 Å². The Morgan fingerprint density at radius 1 is 1.24 bits per heavy atom. The zero-order valence-electron chi connectivity index (χ0n) is 15.4. The van der Waals surface area contributed by atoms with Gasteiger partial charge in [0.1, 0.15) is 5.60 Å². The summed E-state index contributed by atoms with van der Waals surface area (Å²) in [5.74, 6) is 4.16. The Kier molecular flexibility index (Phi) is 3.77. The molecule has 1 unspecified atom stereocenters. The summed E-state index contributed by atoms with van der Waals surface area (Å²) in [6, 6.07) is 0. The van der Waals surface area contributed by atoms with Crippen LogP contribution in [0.4, 0.5) is 0 Å². The lowest BCUT2D eigenvalue weighted by Crippen LogP contribution is -2.55. The fourth-order valence-corrected chi connectivity index (χ4v) is 7.16. The average Bonchev–Trinajstić information content (AvgIpc) is 2.87. The molecule has 3 nitrogen and oxygen atoms in total. The maximum atomic E-state index is 12.2. The summed E-state index contributed by atoms with van der Waals surface area (Å²) in [7, 11) is 0. The maximum absolute atomic E-state index is 12.2. The first-order valence-corrected chi connectivity index (χ1v) is 9.85. The highest BCUT2D eigenvalue weighted by atomic mass is 16.3. The number of hydrogen-bond donors (Lipinski definition) is 2. The van der Waals surface area contributed by atoms with E-state index in [1.807, 2.05) is 6.08 Å². The number of carbonyl (C=O) groups excluding carboxylic acids is 1. The summed E-state index contributed by atoms with van der Waals surface area (Å²) < 4.78 is 0. The van der Waals surface area contributed by atoms with Crippen molar-refractivity contribution in [1.82, 2.24) is 0 Å². The predicted octanol–water partition coefficient (Wildman–Crippen LogP) is 3.10. The van der Waals surface area contributed by atoms with Crippen molar-refractivity contribution >= 4 is 5.78 Å². The van der Waals surface area contributed by atoms with Crippen LogP contribution >= 0.6 is 0 Å². The van der Waals surface area contributed by atoms with Gasteiger partial charge in [-0.05, 0) is 74.2 Å². The molecule has 4 aliphatic carbocycles. The van der Waals surface area contributed by atoms with Gasteiger partial charge < -0.3 is 10.2 Å². The van der Waals surface area contributed by atoms with Crippen molar-refractivity contribution in [2.24, 2.45) is 34.5 Å². The number of ketones is 1.